The molecule has 2 fully saturated rings. The lowest BCUT2D eigenvalue weighted by Gasteiger charge is -2.47. The van der Waals surface area contributed by atoms with Gasteiger partial charge in [-0.05, 0) is 69.9 Å². The molecule has 0 radical (unpaired) electrons. The number of amides is 1. The highest BCUT2D eigenvalue weighted by Gasteiger charge is 2.51. The molecule has 56 heavy (non-hydrogen) atoms. The molecule has 1 unspecified atom stereocenters. The molecule has 0 spiro atoms. The van der Waals surface area contributed by atoms with Crippen LogP contribution in [0.1, 0.15) is 84.4 Å². The molecule has 4 rings (SSSR count). The molecule has 314 valence electrons. The summed E-state index contributed by atoms with van der Waals surface area (Å²) in [6.07, 6.45) is -8.43. The van der Waals surface area contributed by atoms with E-state index in [0.717, 1.165) is 9.75 Å². The Morgan fingerprint density at radius 3 is 2.14 bits per heavy atom. The molecule has 2 aliphatic heterocycles. The topological polar surface area (TPSA) is 205 Å². The van der Waals surface area contributed by atoms with Crippen molar-refractivity contribution in [1.29, 1.82) is 0 Å². The number of aliphatic hydroxyl groups excluding tert-OH is 3. The van der Waals surface area contributed by atoms with Crippen molar-refractivity contribution in [1.82, 2.24) is 4.90 Å². The van der Waals surface area contributed by atoms with E-state index in [1.165, 1.54) is 48.3 Å². The Hall–Kier alpha value is -2.80. The van der Waals surface area contributed by atoms with E-state index in [2.05, 4.69) is 5.16 Å². The maximum Gasteiger partial charge on any atom is 0.340 e. The summed E-state index contributed by atoms with van der Waals surface area (Å²) in [6, 6.07) is 6.60. The van der Waals surface area contributed by atoms with Crippen LogP contribution in [0.2, 0.25) is 0 Å². The Labute approximate surface area is 337 Å². The number of hydrogen-bond acceptors (Lipinski definition) is 15. The average molecular weight is 825 g/mol. The molecule has 0 saturated carbocycles. The smallest absolute Gasteiger partial charge is 0.340 e. The van der Waals surface area contributed by atoms with E-state index in [4.69, 9.17) is 19.0 Å². The summed E-state index contributed by atoms with van der Waals surface area (Å²) in [5.74, 6) is -5.65. The van der Waals surface area contributed by atoms with Crippen molar-refractivity contribution in [3.63, 3.8) is 0 Å². The number of carbonyl (C=O) groups excluding carboxylic acids is 3. The molecule has 0 aromatic carbocycles. The number of hydrogen-bond donors (Lipinski definition) is 5. The standard InChI is InChI=1S/C40H60N2O12S2/c1-10-29-40(8,50)35(47)23(4)32(41-54-31(44)19-27-14-12-16-56-27)21(2)20-39(7,49)36(24(5)33(45)25(6)37(48)52-29)53-38-34(46)28(17-22(3)51-38)42(9)30(43)18-26-13-11-15-55-26/h11-16,21-25,28-29,33-36,38,45-47,49-50H,10,17-20H2,1-9H3/b41-32+/t21-,22-,23+,24+,25-,28+,29-,33+,34-,35-,36-,38+,39?,40-/m1/s1. The molecule has 2 saturated heterocycles. The summed E-state index contributed by atoms with van der Waals surface area (Å²) in [5, 5.41) is 67.2. The fraction of sp³-hybridized carbons (Fsp3) is 0.700. The molecule has 0 bridgehead atoms. The first-order valence-corrected chi connectivity index (χ1v) is 21.0. The maximum atomic E-state index is 13.6. The summed E-state index contributed by atoms with van der Waals surface area (Å²) in [7, 11) is 1.61. The zero-order valence-electron chi connectivity index (χ0n) is 33.7. The van der Waals surface area contributed by atoms with E-state index >= 15 is 0 Å². The molecule has 14 nitrogen and oxygen atoms in total. The highest BCUT2D eigenvalue weighted by atomic mass is 32.1. The average Bonchev–Trinajstić information content (AvgIpc) is 3.86. The third-order valence-electron chi connectivity index (χ3n) is 11.4. The van der Waals surface area contributed by atoms with Gasteiger partial charge in [0.05, 0.1) is 60.5 Å². The first-order valence-electron chi connectivity index (χ1n) is 19.3. The van der Waals surface area contributed by atoms with E-state index in [-0.39, 0.29) is 37.3 Å². The number of aliphatic hydroxyl groups is 5. The summed E-state index contributed by atoms with van der Waals surface area (Å²) >= 11 is 2.83. The van der Waals surface area contributed by atoms with Crippen LogP contribution in [0.5, 0.6) is 0 Å². The van der Waals surface area contributed by atoms with Crippen LogP contribution in [0.15, 0.2) is 40.2 Å². The van der Waals surface area contributed by atoms with Crippen LogP contribution in [0.3, 0.4) is 0 Å². The SMILES string of the molecule is CC[C@H]1OC(=O)[C@H](C)[C@@H](O)[C@H](C)[C@@H](O[C@@H]2O[C@H](C)C[C@H](N(C)C(=O)Cc3cccs3)[C@H]2O)C(C)(O)C[C@@H](C)/C(=N\OC(=O)Cc2cccs2)[C@H](C)[C@@H](O)[C@]1(C)O. The maximum absolute atomic E-state index is 13.6. The summed E-state index contributed by atoms with van der Waals surface area (Å²) < 4.78 is 18.4. The predicted octanol–water partition coefficient (Wildman–Crippen LogP) is 3.70. The van der Waals surface area contributed by atoms with Gasteiger partial charge in [-0.2, -0.15) is 0 Å². The lowest BCUT2D eigenvalue weighted by atomic mass is 9.73. The highest BCUT2D eigenvalue weighted by Crippen LogP contribution is 2.38. The molecule has 2 aromatic rings. The molecule has 16 heteroatoms. The third-order valence-corrected chi connectivity index (χ3v) is 13.2. The Bertz CT molecular complexity index is 1620. The van der Waals surface area contributed by atoms with Crippen molar-refractivity contribution in [3.05, 3.63) is 44.8 Å². The Morgan fingerprint density at radius 2 is 1.57 bits per heavy atom. The Kier molecular flexibility index (Phi) is 15.8. The van der Waals surface area contributed by atoms with Crippen molar-refractivity contribution in [2.24, 2.45) is 28.8 Å². The second-order valence-corrected chi connectivity index (χ2v) is 18.1. The van der Waals surface area contributed by atoms with Crippen molar-refractivity contribution in [3.8, 4) is 0 Å². The molecule has 2 aromatic heterocycles. The van der Waals surface area contributed by atoms with Crippen molar-refractivity contribution >= 4 is 46.2 Å². The number of oxime groups is 1. The quantitative estimate of drug-likeness (QED) is 0.140. The fourth-order valence-corrected chi connectivity index (χ4v) is 9.41. The second-order valence-electron chi connectivity index (χ2n) is 16.1. The number of rotatable bonds is 9. The van der Waals surface area contributed by atoms with Crippen molar-refractivity contribution in [2.75, 3.05) is 7.05 Å². The molecule has 14 atom stereocenters. The van der Waals surface area contributed by atoms with Gasteiger partial charge in [0.25, 0.3) is 0 Å². The van der Waals surface area contributed by atoms with Crippen LogP contribution in [0.25, 0.3) is 0 Å². The number of thiophene rings is 2. The van der Waals surface area contributed by atoms with Gasteiger partial charge in [-0.1, -0.05) is 45.0 Å². The number of ether oxygens (including phenoxy) is 3. The molecular formula is C40H60N2O12S2. The number of nitrogens with zero attached hydrogens (tertiary/aromatic N) is 2. The van der Waals surface area contributed by atoms with Crippen LogP contribution in [0, 0.1) is 23.7 Å². The van der Waals surface area contributed by atoms with Gasteiger partial charge in [0.1, 0.15) is 17.8 Å². The Balaban J connectivity index is 1.72. The lowest BCUT2D eigenvalue weighted by molar-refractivity contribution is -0.298. The summed E-state index contributed by atoms with van der Waals surface area (Å²) in [5.41, 5.74) is -3.75. The van der Waals surface area contributed by atoms with Gasteiger partial charge >= 0.3 is 11.9 Å². The molecular weight excluding hydrogens is 765 g/mol. The molecule has 4 heterocycles. The lowest BCUT2D eigenvalue weighted by Crippen LogP contribution is -2.60. The van der Waals surface area contributed by atoms with E-state index in [0.29, 0.717) is 6.42 Å². The zero-order chi connectivity index (χ0) is 41.7. The summed E-state index contributed by atoms with van der Waals surface area (Å²) in [4.78, 5) is 48.3. The van der Waals surface area contributed by atoms with Gasteiger partial charge in [0.15, 0.2) is 6.29 Å². The van der Waals surface area contributed by atoms with Gasteiger partial charge in [-0.25, -0.2) is 4.79 Å². The molecule has 1 amide bonds. The van der Waals surface area contributed by atoms with E-state index in [9.17, 15) is 39.9 Å². The van der Waals surface area contributed by atoms with Crippen LogP contribution >= 0.6 is 22.7 Å². The minimum Gasteiger partial charge on any atom is -0.459 e. The first-order chi connectivity index (χ1) is 26.2. The molecule has 0 aliphatic carbocycles. The second kappa shape index (κ2) is 19.3. The minimum absolute atomic E-state index is 0.0511. The van der Waals surface area contributed by atoms with Crippen LogP contribution in [-0.4, -0.2) is 121 Å². The largest absolute Gasteiger partial charge is 0.459 e. The van der Waals surface area contributed by atoms with Gasteiger partial charge in [0.2, 0.25) is 5.91 Å². The van der Waals surface area contributed by atoms with Crippen molar-refractivity contribution in [2.45, 2.75) is 148 Å². The van der Waals surface area contributed by atoms with Crippen LogP contribution < -0.4 is 0 Å². The third kappa shape index (κ3) is 10.8. The number of likely N-dealkylation sites (N-methyl/N-ethyl adjacent to an activating group) is 1. The van der Waals surface area contributed by atoms with Gasteiger partial charge in [-0.15, -0.1) is 22.7 Å². The zero-order valence-corrected chi connectivity index (χ0v) is 35.4. The van der Waals surface area contributed by atoms with Crippen LogP contribution in [-0.2, 0) is 46.3 Å². The van der Waals surface area contributed by atoms with E-state index in [1.54, 1.807) is 53.8 Å². The Morgan fingerprint density at radius 1 is 0.964 bits per heavy atom. The van der Waals surface area contributed by atoms with Crippen LogP contribution in [0.4, 0.5) is 0 Å². The minimum atomic E-state index is -2.01. The monoisotopic (exact) mass is 824 g/mol. The number of carbonyl (C=O) groups is 3. The normalized spacial score (nSPS) is 38.4. The predicted molar refractivity (Wildman–Crippen MR) is 211 cm³/mol. The van der Waals surface area contributed by atoms with E-state index < -0.39 is 95.8 Å². The van der Waals surface area contributed by atoms with Gasteiger partial charge in [0, 0.05) is 34.6 Å². The summed E-state index contributed by atoms with van der Waals surface area (Å²) in [6.45, 7) is 12.6. The number of cyclic esters (lactones) is 1. The first kappa shape index (κ1) is 45.9. The fourth-order valence-electron chi connectivity index (χ4n) is 8.03. The van der Waals surface area contributed by atoms with Gasteiger partial charge in [-0.3, -0.25) is 9.59 Å². The highest BCUT2D eigenvalue weighted by molar-refractivity contribution is 7.10. The van der Waals surface area contributed by atoms with Gasteiger partial charge < -0.3 is 49.5 Å². The van der Waals surface area contributed by atoms with E-state index in [1.807, 2.05) is 22.9 Å². The number of esters is 1. The molecule has 2 aliphatic rings. The molecule has 5 N–H and O–H groups in total. The van der Waals surface area contributed by atoms with Crippen molar-refractivity contribution < 1.29 is 59.0 Å².